The van der Waals surface area contributed by atoms with Gasteiger partial charge in [0.1, 0.15) is 4.32 Å². The number of anilines is 1. The zero-order valence-corrected chi connectivity index (χ0v) is 18.8. The number of rotatable bonds is 7. The Morgan fingerprint density at radius 1 is 1.23 bits per heavy atom. The highest BCUT2D eigenvalue weighted by Crippen LogP contribution is 2.40. The minimum atomic E-state index is -0.265. The van der Waals surface area contributed by atoms with Crippen molar-refractivity contribution < 1.29 is 19.1 Å². The SMILES string of the molecule is COc1cc(C=C2SC(=S)N(C3CC3)C2=O)ccc1OCC(=O)Nc1ccc(C)cc1. The van der Waals surface area contributed by atoms with Gasteiger partial charge in [0.05, 0.1) is 12.0 Å². The van der Waals surface area contributed by atoms with Crippen molar-refractivity contribution in [2.75, 3.05) is 19.0 Å². The van der Waals surface area contributed by atoms with Crippen molar-refractivity contribution in [2.45, 2.75) is 25.8 Å². The van der Waals surface area contributed by atoms with Gasteiger partial charge >= 0.3 is 0 Å². The van der Waals surface area contributed by atoms with Crippen molar-refractivity contribution in [1.82, 2.24) is 4.90 Å². The third kappa shape index (κ3) is 5.08. The lowest BCUT2D eigenvalue weighted by Crippen LogP contribution is -2.30. The van der Waals surface area contributed by atoms with E-state index < -0.39 is 0 Å². The first-order valence-corrected chi connectivity index (χ1v) is 11.1. The largest absolute Gasteiger partial charge is 0.493 e. The number of benzene rings is 2. The summed E-state index contributed by atoms with van der Waals surface area (Å²) in [7, 11) is 1.53. The van der Waals surface area contributed by atoms with E-state index in [1.165, 1.54) is 18.9 Å². The molecule has 0 aromatic heterocycles. The Morgan fingerprint density at radius 3 is 2.65 bits per heavy atom. The zero-order chi connectivity index (χ0) is 22.0. The van der Waals surface area contributed by atoms with Crippen molar-refractivity contribution in [3.63, 3.8) is 0 Å². The molecule has 2 amide bonds. The molecule has 4 rings (SSSR count). The molecule has 2 aromatic rings. The molecule has 0 atom stereocenters. The molecule has 1 N–H and O–H groups in total. The van der Waals surface area contributed by atoms with Gasteiger partial charge in [-0.25, -0.2) is 0 Å². The molecule has 1 saturated heterocycles. The van der Waals surface area contributed by atoms with Crippen LogP contribution in [0.4, 0.5) is 5.69 Å². The van der Waals surface area contributed by atoms with E-state index in [0.717, 1.165) is 24.0 Å². The van der Waals surface area contributed by atoms with Gasteiger partial charge in [0.15, 0.2) is 18.1 Å². The lowest BCUT2D eigenvalue weighted by molar-refractivity contribution is -0.122. The highest BCUT2D eigenvalue weighted by Gasteiger charge is 2.41. The van der Waals surface area contributed by atoms with Crippen LogP contribution in [0.15, 0.2) is 47.4 Å². The second-order valence-electron chi connectivity index (χ2n) is 7.40. The van der Waals surface area contributed by atoms with Crippen LogP contribution in [0, 0.1) is 6.92 Å². The fourth-order valence-electron chi connectivity index (χ4n) is 3.15. The van der Waals surface area contributed by atoms with E-state index in [1.807, 2.05) is 37.3 Å². The van der Waals surface area contributed by atoms with E-state index in [-0.39, 0.29) is 24.5 Å². The number of thiocarbonyl (C=S) groups is 1. The van der Waals surface area contributed by atoms with Gasteiger partial charge in [0.25, 0.3) is 11.8 Å². The smallest absolute Gasteiger partial charge is 0.266 e. The van der Waals surface area contributed by atoms with Crippen LogP contribution < -0.4 is 14.8 Å². The normalized spacial score (nSPS) is 17.2. The van der Waals surface area contributed by atoms with Crippen LogP contribution >= 0.6 is 24.0 Å². The molecular formula is C23H22N2O4S2. The quantitative estimate of drug-likeness (QED) is 0.495. The molecule has 8 heteroatoms. The molecule has 0 radical (unpaired) electrons. The second kappa shape index (κ2) is 9.11. The lowest BCUT2D eigenvalue weighted by Gasteiger charge is -2.12. The molecule has 2 aromatic carbocycles. The van der Waals surface area contributed by atoms with Gasteiger partial charge in [-0.3, -0.25) is 14.5 Å². The summed E-state index contributed by atoms with van der Waals surface area (Å²) in [6.07, 6.45) is 3.83. The predicted octanol–water partition coefficient (Wildman–Crippen LogP) is 4.38. The lowest BCUT2D eigenvalue weighted by atomic mass is 10.2. The molecular weight excluding hydrogens is 432 g/mol. The monoisotopic (exact) mass is 454 g/mol. The number of hydrogen-bond donors (Lipinski definition) is 1. The first-order chi connectivity index (χ1) is 14.9. The van der Waals surface area contributed by atoms with Crippen molar-refractivity contribution in [3.8, 4) is 11.5 Å². The maximum atomic E-state index is 12.6. The molecule has 1 aliphatic carbocycles. The number of nitrogens with one attached hydrogen (secondary N) is 1. The van der Waals surface area contributed by atoms with Crippen LogP contribution in [-0.2, 0) is 9.59 Å². The highest BCUT2D eigenvalue weighted by molar-refractivity contribution is 8.26. The van der Waals surface area contributed by atoms with Gasteiger partial charge in [-0.15, -0.1) is 0 Å². The number of aryl methyl sites for hydroxylation is 1. The van der Waals surface area contributed by atoms with Gasteiger partial charge in [0, 0.05) is 11.7 Å². The van der Waals surface area contributed by atoms with Crippen LogP contribution in [-0.4, -0.2) is 40.8 Å². The molecule has 1 heterocycles. The zero-order valence-electron chi connectivity index (χ0n) is 17.2. The summed E-state index contributed by atoms with van der Waals surface area (Å²) in [5.74, 6) is 0.627. The Balaban J connectivity index is 1.41. The summed E-state index contributed by atoms with van der Waals surface area (Å²) >= 11 is 6.68. The number of carbonyl (C=O) groups is 2. The average molecular weight is 455 g/mol. The summed E-state index contributed by atoms with van der Waals surface area (Å²) in [4.78, 5) is 27.1. The van der Waals surface area contributed by atoms with Crippen LogP contribution in [0.5, 0.6) is 11.5 Å². The van der Waals surface area contributed by atoms with Crippen LogP contribution in [0.1, 0.15) is 24.0 Å². The van der Waals surface area contributed by atoms with Crippen molar-refractivity contribution in [1.29, 1.82) is 0 Å². The number of nitrogens with zero attached hydrogens (tertiary/aromatic N) is 1. The second-order valence-corrected chi connectivity index (χ2v) is 9.07. The third-order valence-corrected chi connectivity index (χ3v) is 6.25. The Labute approximate surface area is 190 Å². The van der Waals surface area contributed by atoms with Gasteiger partial charge in [-0.05, 0) is 55.7 Å². The minimum absolute atomic E-state index is 0.0374. The molecule has 2 aliphatic rings. The topological polar surface area (TPSA) is 67.9 Å². The first kappa shape index (κ1) is 21.4. The van der Waals surface area contributed by atoms with E-state index >= 15 is 0 Å². The summed E-state index contributed by atoms with van der Waals surface area (Å²) in [6, 6.07) is 13.1. The number of hydrogen-bond acceptors (Lipinski definition) is 6. The first-order valence-electron chi connectivity index (χ1n) is 9.89. The predicted molar refractivity (Wildman–Crippen MR) is 126 cm³/mol. The van der Waals surface area contributed by atoms with Crippen LogP contribution in [0.3, 0.4) is 0 Å². The van der Waals surface area contributed by atoms with Gasteiger partial charge in [-0.2, -0.15) is 0 Å². The summed E-state index contributed by atoms with van der Waals surface area (Å²) in [5.41, 5.74) is 2.63. The number of methoxy groups -OCH3 is 1. The van der Waals surface area contributed by atoms with Gasteiger partial charge in [-0.1, -0.05) is 47.7 Å². The third-order valence-electron chi connectivity index (χ3n) is 4.92. The Morgan fingerprint density at radius 2 is 1.97 bits per heavy atom. The fraction of sp³-hybridized carbons (Fsp3) is 0.261. The maximum Gasteiger partial charge on any atom is 0.266 e. The fourth-order valence-corrected chi connectivity index (χ4v) is 4.55. The van der Waals surface area contributed by atoms with E-state index in [9.17, 15) is 9.59 Å². The Hall–Kier alpha value is -2.84. The van der Waals surface area contributed by atoms with E-state index in [0.29, 0.717) is 26.4 Å². The Bertz CT molecular complexity index is 1060. The van der Waals surface area contributed by atoms with E-state index in [2.05, 4.69) is 5.32 Å². The molecule has 1 aliphatic heterocycles. The van der Waals surface area contributed by atoms with Crippen LogP contribution in [0.2, 0.25) is 0 Å². The number of ether oxygens (including phenoxy) is 2. The summed E-state index contributed by atoms with van der Waals surface area (Å²) in [5, 5.41) is 2.79. The molecule has 160 valence electrons. The summed E-state index contributed by atoms with van der Waals surface area (Å²) < 4.78 is 11.7. The van der Waals surface area contributed by atoms with Crippen LogP contribution in [0.25, 0.3) is 6.08 Å². The molecule has 0 unspecified atom stereocenters. The highest BCUT2D eigenvalue weighted by atomic mass is 32.2. The summed E-state index contributed by atoms with van der Waals surface area (Å²) in [6.45, 7) is 1.84. The number of carbonyl (C=O) groups excluding carboxylic acids is 2. The van der Waals surface area contributed by atoms with Gasteiger partial charge < -0.3 is 14.8 Å². The van der Waals surface area contributed by atoms with E-state index in [1.54, 1.807) is 23.1 Å². The molecule has 6 nitrogen and oxygen atoms in total. The van der Waals surface area contributed by atoms with Crippen molar-refractivity contribution in [3.05, 3.63) is 58.5 Å². The molecule has 1 saturated carbocycles. The molecule has 0 spiro atoms. The maximum absolute atomic E-state index is 12.6. The molecule has 2 fully saturated rings. The van der Waals surface area contributed by atoms with Crippen molar-refractivity contribution in [2.24, 2.45) is 0 Å². The van der Waals surface area contributed by atoms with Gasteiger partial charge in [0.2, 0.25) is 0 Å². The molecule has 0 bridgehead atoms. The Kier molecular flexibility index (Phi) is 6.29. The standard InChI is InChI=1S/C23H22N2O4S2/c1-14-3-6-16(7-4-14)24-21(26)13-29-18-10-5-15(11-19(18)28-2)12-20-22(27)25(17-8-9-17)23(30)31-20/h3-7,10-12,17H,8-9,13H2,1-2H3,(H,24,26). The molecule has 31 heavy (non-hydrogen) atoms. The van der Waals surface area contributed by atoms with Crippen molar-refractivity contribution >= 4 is 51.9 Å². The minimum Gasteiger partial charge on any atom is -0.493 e. The number of thioether (sulfide) groups is 1. The van der Waals surface area contributed by atoms with E-state index in [4.69, 9.17) is 21.7 Å². The number of amides is 2. The average Bonchev–Trinajstić information content (AvgIpc) is 3.54.